The van der Waals surface area contributed by atoms with E-state index in [4.69, 9.17) is 10.5 Å². The van der Waals surface area contributed by atoms with E-state index in [0.29, 0.717) is 12.1 Å². The van der Waals surface area contributed by atoms with Gasteiger partial charge in [-0.3, -0.25) is 9.69 Å². The number of nitrogens with zero attached hydrogens (tertiary/aromatic N) is 1. The molecule has 4 rings (SSSR count). The van der Waals surface area contributed by atoms with Gasteiger partial charge in [0.05, 0.1) is 17.3 Å². The number of hydrogen-bond acceptors (Lipinski definition) is 3. The molecule has 5 heteroatoms. The molecule has 1 aliphatic carbocycles. The first-order valence-electron chi connectivity index (χ1n) is 9.62. The Bertz CT molecular complexity index is 858. The lowest BCUT2D eigenvalue weighted by Gasteiger charge is -2.25. The maximum Gasteiger partial charge on any atom is 0.323 e. The highest BCUT2D eigenvalue weighted by Crippen LogP contribution is 2.42. The summed E-state index contributed by atoms with van der Waals surface area (Å²) >= 11 is 0. The van der Waals surface area contributed by atoms with Crippen molar-refractivity contribution in [2.24, 2.45) is 11.7 Å². The standard InChI is InChI=1S/C22H24N2O3/c23-22(26)24-18-12-6-4-10-16(18)14-20(17-11-5-7-13-19(17)24)27-21(25)15-8-2-1-3-9-15/h4-7,10-13,15,20H,1-3,8-9,14H2,(H2,23,26)/t20-/m0/s1. The van der Waals surface area contributed by atoms with Crippen molar-refractivity contribution < 1.29 is 14.3 Å². The maximum atomic E-state index is 12.8. The molecular formula is C22H24N2O3. The molecule has 2 amide bonds. The third kappa shape index (κ3) is 3.42. The summed E-state index contributed by atoms with van der Waals surface area (Å²) in [5.74, 6) is -0.142. The Kier molecular flexibility index (Phi) is 4.84. The van der Waals surface area contributed by atoms with Gasteiger partial charge in [0.1, 0.15) is 6.10 Å². The van der Waals surface area contributed by atoms with Crippen LogP contribution in [0.4, 0.5) is 16.2 Å². The number of urea groups is 1. The predicted octanol–water partition coefficient (Wildman–Crippen LogP) is 4.62. The van der Waals surface area contributed by atoms with Gasteiger partial charge < -0.3 is 10.5 Å². The van der Waals surface area contributed by atoms with Crippen molar-refractivity contribution in [3.8, 4) is 0 Å². The van der Waals surface area contributed by atoms with E-state index in [9.17, 15) is 9.59 Å². The lowest BCUT2D eigenvalue weighted by molar-refractivity contribution is -0.155. The summed E-state index contributed by atoms with van der Waals surface area (Å²) < 4.78 is 6.00. The Labute approximate surface area is 159 Å². The third-order valence-corrected chi connectivity index (χ3v) is 5.58. The van der Waals surface area contributed by atoms with Gasteiger partial charge in [-0.25, -0.2) is 4.79 Å². The summed E-state index contributed by atoms with van der Waals surface area (Å²) in [6, 6.07) is 14.6. The van der Waals surface area contributed by atoms with Crippen LogP contribution >= 0.6 is 0 Å². The van der Waals surface area contributed by atoms with E-state index in [-0.39, 0.29) is 11.9 Å². The van der Waals surface area contributed by atoms with Crippen LogP contribution in [-0.4, -0.2) is 12.0 Å². The Morgan fingerprint density at radius 2 is 1.59 bits per heavy atom. The predicted molar refractivity (Wildman–Crippen MR) is 104 cm³/mol. The molecule has 2 N–H and O–H groups in total. The number of rotatable bonds is 2. The molecule has 1 heterocycles. The number of nitrogens with two attached hydrogens (primary N) is 1. The molecule has 0 spiro atoms. The van der Waals surface area contributed by atoms with Gasteiger partial charge in [0.2, 0.25) is 0 Å². The summed E-state index contributed by atoms with van der Waals surface area (Å²) in [5, 5.41) is 0. The van der Waals surface area contributed by atoms with E-state index in [1.807, 2.05) is 48.5 Å². The molecule has 1 atom stereocenters. The molecule has 1 fully saturated rings. The summed E-state index contributed by atoms with van der Waals surface area (Å²) in [7, 11) is 0. The molecule has 0 unspecified atom stereocenters. The van der Waals surface area contributed by atoms with Crippen molar-refractivity contribution in [1.82, 2.24) is 0 Å². The number of ether oxygens (including phenoxy) is 1. The number of carbonyl (C=O) groups excluding carboxylic acids is 2. The fraction of sp³-hybridized carbons (Fsp3) is 0.364. The van der Waals surface area contributed by atoms with Gasteiger partial charge in [0, 0.05) is 12.0 Å². The second-order valence-electron chi connectivity index (χ2n) is 7.33. The fourth-order valence-corrected chi connectivity index (χ4v) is 4.22. The summed E-state index contributed by atoms with van der Waals surface area (Å²) in [5.41, 5.74) is 8.89. The first kappa shape index (κ1) is 17.6. The number of para-hydroxylation sites is 2. The number of esters is 1. The highest BCUT2D eigenvalue weighted by atomic mass is 16.5. The lowest BCUT2D eigenvalue weighted by atomic mass is 9.89. The first-order chi connectivity index (χ1) is 13.1. The van der Waals surface area contributed by atoms with Crippen molar-refractivity contribution in [2.75, 3.05) is 4.90 Å². The molecule has 1 saturated carbocycles. The van der Waals surface area contributed by atoms with Crippen LogP contribution in [0.15, 0.2) is 48.5 Å². The van der Waals surface area contributed by atoms with Crippen LogP contribution in [0.1, 0.15) is 49.3 Å². The van der Waals surface area contributed by atoms with Gasteiger partial charge in [0.25, 0.3) is 0 Å². The third-order valence-electron chi connectivity index (χ3n) is 5.58. The second kappa shape index (κ2) is 7.43. The van der Waals surface area contributed by atoms with E-state index in [1.165, 1.54) is 11.3 Å². The Balaban J connectivity index is 1.73. The van der Waals surface area contributed by atoms with Crippen LogP contribution < -0.4 is 10.6 Å². The van der Waals surface area contributed by atoms with Gasteiger partial charge in [-0.15, -0.1) is 0 Å². The Morgan fingerprint density at radius 3 is 2.33 bits per heavy atom. The molecule has 0 radical (unpaired) electrons. The van der Waals surface area contributed by atoms with Gasteiger partial charge >= 0.3 is 12.0 Å². The maximum absolute atomic E-state index is 12.8. The zero-order valence-corrected chi connectivity index (χ0v) is 15.3. The largest absolute Gasteiger partial charge is 0.457 e. The monoisotopic (exact) mass is 364 g/mol. The molecule has 5 nitrogen and oxygen atoms in total. The SMILES string of the molecule is NC(=O)N1c2ccccc2C[C@H](OC(=O)C2CCCCC2)c2ccccc21. The smallest absolute Gasteiger partial charge is 0.323 e. The average molecular weight is 364 g/mol. The Hall–Kier alpha value is -2.82. The molecule has 0 aromatic heterocycles. The van der Waals surface area contributed by atoms with Crippen molar-refractivity contribution in [3.05, 3.63) is 59.7 Å². The van der Waals surface area contributed by atoms with Gasteiger partial charge in [0.15, 0.2) is 0 Å². The molecule has 2 aromatic rings. The Morgan fingerprint density at radius 1 is 0.926 bits per heavy atom. The summed E-state index contributed by atoms with van der Waals surface area (Å²) in [6.45, 7) is 0. The van der Waals surface area contributed by atoms with Crippen LogP contribution in [0, 0.1) is 5.92 Å². The van der Waals surface area contributed by atoms with E-state index in [2.05, 4.69) is 0 Å². The number of carbonyl (C=O) groups is 2. The van der Waals surface area contributed by atoms with Crippen LogP contribution in [0.2, 0.25) is 0 Å². The zero-order valence-electron chi connectivity index (χ0n) is 15.3. The molecule has 140 valence electrons. The highest BCUT2D eigenvalue weighted by Gasteiger charge is 2.33. The molecular weight excluding hydrogens is 340 g/mol. The topological polar surface area (TPSA) is 72.6 Å². The first-order valence-corrected chi connectivity index (χ1v) is 9.62. The van der Waals surface area contributed by atoms with Crippen molar-refractivity contribution in [1.29, 1.82) is 0 Å². The molecule has 1 aliphatic heterocycles. The van der Waals surface area contributed by atoms with E-state index < -0.39 is 12.1 Å². The summed E-state index contributed by atoms with van der Waals surface area (Å²) in [4.78, 5) is 26.6. The molecule has 0 saturated heterocycles. The van der Waals surface area contributed by atoms with Crippen molar-refractivity contribution >= 4 is 23.4 Å². The van der Waals surface area contributed by atoms with Crippen molar-refractivity contribution in [3.63, 3.8) is 0 Å². The number of hydrogen-bond donors (Lipinski definition) is 1. The van der Waals surface area contributed by atoms with Gasteiger partial charge in [-0.05, 0) is 30.5 Å². The minimum Gasteiger partial charge on any atom is -0.457 e. The highest BCUT2D eigenvalue weighted by molar-refractivity contribution is 6.00. The van der Waals surface area contributed by atoms with E-state index in [0.717, 1.165) is 42.5 Å². The van der Waals surface area contributed by atoms with Gasteiger partial charge in [-0.1, -0.05) is 55.7 Å². The van der Waals surface area contributed by atoms with Crippen LogP contribution in [0.3, 0.4) is 0 Å². The summed E-state index contributed by atoms with van der Waals surface area (Å²) in [6.07, 6.45) is 5.25. The van der Waals surface area contributed by atoms with Crippen LogP contribution in [-0.2, 0) is 16.0 Å². The van der Waals surface area contributed by atoms with Gasteiger partial charge in [-0.2, -0.15) is 0 Å². The number of amides is 2. The zero-order chi connectivity index (χ0) is 18.8. The number of primary amides is 1. The van der Waals surface area contributed by atoms with E-state index in [1.54, 1.807) is 0 Å². The fourth-order valence-electron chi connectivity index (χ4n) is 4.22. The van der Waals surface area contributed by atoms with Crippen LogP contribution in [0.5, 0.6) is 0 Å². The number of fused-ring (bicyclic) bond motifs is 2. The van der Waals surface area contributed by atoms with Crippen molar-refractivity contribution in [2.45, 2.75) is 44.6 Å². The quantitative estimate of drug-likeness (QED) is 0.790. The van der Waals surface area contributed by atoms with Crippen LogP contribution in [0.25, 0.3) is 0 Å². The molecule has 2 aliphatic rings. The number of anilines is 2. The lowest BCUT2D eigenvalue weighted by Crippen LogP contribution is -2.32. The molecule has 0 bridgehead atoms. The molecule has 2 aromatic carbocycles. The average Bonchev–Trinajstić information content (AvgIpc) is 2.83. The van der Waals surface area contributed by atoms with E-state index >= 15 is 0 Å². The molecule has 27 heavy (non-hydrogen) atoms. The normalized spacial score (nSPS) is 19.6. The minimum atomic E-state index is -0.547. The second-order valence-corrected chi connectivity index (χ2v) is 7.33. The minimum absolute atomic E-state index is 0.0170. The number of benzene rings is 2.